The molecule has 0 atom stereocenters. The largest absolute Gasteiger partial charge is 0.497 e. The summed E-state index contributed by atoms with van der Waals surface area (Å²) in [5.41, 5.74) is 3.52. The molecule has 31 heavy (non-hydrogen) atoms. The number of oxazole rings is 1. The van der Waals surface area contributed by atoms with Gasteiger partial charge in [-0.05, 0) is 61.1 Å². The Kier molecular flexibility index (Phi) is 5.64. The van der Waals surface area contributed by atoms with E-state index in [0.29, 0.717) is 28.4 Å². The lowest BCUT2D eigenvalue weighted by Crippen LogP contribution is -2.34. The average Bonchev–Trinajstić information content (AvgIpc) is 3.18. The molecular weight excluding hydrogens is 417 g/mol. The van der Waals surface area contributed by atoms with Gasteiger partial charge >= 0.3 is 0 Å². The zero-order valence-electron chi connectivity index (χ0n) is 16.7. The lowest BCUT2D eigenvalue weighted by atomic mass is 10.1. The first kappa shape index (κ1) is 20.5. The number of benzene rings is 3. The highest BCUT2D eigenvalue weighted by molar-refractivity contribution is 7.80. The Morgan fingerprint density at radius 1 is 1.13 bits per heavy atom. The molecule has 1 amide bonds. The number of ether oxygens (including phenoxy) is 1. The first-order valence-electron chi connectivity index (χ1n) is 9.37. The van der Waals surface area contributed by atoms with Crippen molar-refractivity contribution >= 4 is 40.0 Å². The number of amides is 1. The lowest BCUT2D eigenvalue weighted by molar-refractivity contribution is 0.0974. The number of thiocarbonyl (C=S) groups is 1. The van der Waals surface area contributed by atoms with Gasteiger partial charge in [0.1, 0.15) is 17.1 Å². The van der Waals surface area contributed by atoms with Crippen LogP contribution >= 0.6 is 12.2 Å². The van der Waals surface area contributed by atoms with Crippen LogP contribution in [0.3, 0.4) is 0 Å². The van der Waals surface area contributed by atoms with Crippen LogP contribution < -0.4 is 15.4 Å². The number of nitrogens with zero attached hydrogens (tertiary/aromatic N) is 1. The predicted octanol–water partition coefficient (Wildman–Crippen LogP) is 5.08. The number of carbonyl (C=O) groups is 1. The molecule has 6 nitrogen and oxygen atoms in total. The monoisotopic (exact) mass is 435 g/mol. The summed E-state index contributed by atoms with van der Waals surface area (Å²) in [6.45, 7) is 1.89. The number of aromatic nitrogens is 1. The zero-order chi connectivity index (χ0) is 22.0. The van der Waals surface area contributed by atoms with Gasteiger partial charge in [-0.1, -0.05) is 18.2 Å². The minimum atomic E-state index is -0.627. The molecule has 0 aliphatic heterocycles. The van der Waals surface area contributed by atoms with Crippen LogP contribution in [0.25, 0.3) is 22.6 Å². The molecule has 156 valence electrons. The highest BCUT2D eigenvalue weighted by Gasteiger charge is 2.14. The Bertz CT molecular complexity index is 1300. The number of fused-ring (bicyclic) bond motifs is 1. The third kappa shape index (κ3) is 4.39. The Morgan fingerprint density at radius 3 is 2.71 bits per heavy atom. The van der Waals surface area contributed by atoms with Gasteiger partial charge in [-0.3, -0.25) is 10.1 Å². The maximum atomic E-state index is 13.8. The van der Waals surface area contributed by atoms with Gasteiger partial charge in [0.05, 0.1) is 12.7 Å². The molecule has 0 spiro atoms. The number of aryl methyl sites for hydroxylation is 1. The first-order valence-corrected chi connectivity index (χ1v) is 9.78. The van der Waals surface area contributed by atoms with E-state index in [-0.39, 0.29) is 10.7 Å². The molecule has 1 heterocycles. The Hall–Kier alpha value is -3.78. The second-order valence-corrected chi connectivity index (χ2v) is 7.18. The van der Waals surface area contributed by atoms with Gasteiger partial charge in [0.2, 0.25) is 5.89 Å². The van der Waals surface area contributed by atoms with Crippen molar-refractivity contribution in [3.63, 3.8) is 0 Å². The van der Waals surface area contributed by atoms with Crippen molar-refractivity contribution < 1.29 is 18.3 Å². The standard InChI is InChI=1S/C23H18FN3O3S/c1-13-7-8-14(22-25-19-12-15(29-2)9-10-20(19)30-22)11-18(13)26-23(31)27-21(28)16-5-3-4-6-17(16)24/h3-12H,1-2H3,(H2,26,27,28,31). The van der Waals surface area contributed by atoms with Crippen molar-refractivity contribution in [1.82, 2.24) is 10.3 Å². The van der Waals surface area contributed by atoms with E-state index in [0.717, 1.165) is 11.1 Å². The SMILES string of the molecule is COc1ccc2oc(-c3ccc(C)c(NC(=S)NC(=O)c4ccccc4F)c3)nc2c1. The number of nitrogens with one attached hydrogen (secondary N) is 2. The number of hydrogen-bond acceptors (Lipinski definition) is 5. The second-order valence-electron chi connectivity index (χ2n) is 6.77. The summed E-state index contributed by atoms with van der Waals surface area (Å²) < 4.78 is 24.9. The molecule has 1 aromatic heterocycles. The zero-order valence-corrected chi connectivity index (χ0v) is 17.5. The minimum absolute atomic E-state index is 0.0517. The van der Waals surface area contributed by atoms with E-state index in [9.17, 15) is 9.18 Å². The summed E-state index contributed by atoms with van der Waals surface area (Å²) in [5, 5.41) is 5.53. The Labute approximate surface area is 183 Å². The predicted molar refractivity (Wildman–Crippen MR) is 121 cm³/mol. The molecule has 0 unspecified atom stereocenters. The molecule has 2 N–H and O–H groups in total. The summed E-state index contributed by atoms with van der Waals surface area (Å²) in [4.78, 5) is 16.8. The van der Waals surface area contributed by atoms with E-state index in [1.54, 1.807) is 31.4 Å². The molecule has 0 radical (unpaired) electrons. The molecule has 4 aromatic rings. The summed E-state index contributed by atoms with van der Waals surface area (Å²) in [6.07, 6.45) is 0. The van der Waals surface area contributed by atoms with E-state index in [4.69, 9.17) is 21.4 Å². The maximum Gasteiger partial charge on any atom is 0.260 e. The number of halogens is 1. The van der Waals surface area contributed by atoms with Crippen molar-refractivity contribution in [1.29, 1.82) is 0 Å². The number of methoxy groups -OCH3 is 1. The van der Waals surface area contributed by atoms with Gasteiger partial charge in [0.25, 0.3) is 5.91 Å². The molecule has 0 aliphatic carbocycles. The molecular formula is C23H18FN3O3S. The van der Waals surface area contributed by atoms with E-state index in [1.807, 2.05) is 25.1 Å². The highest BCUT2D eigenvalue weighted by atomic mass is 32.1. The fourth-order valence-corrected chi connectivity index (χ4v) is 3.22. The minimum Gasteiger partial charge on any atom is -0.497 e. The summed E-state index contributed by atoms with van der Waals surface area (Å²) in [5.74, 6) is -0.118. The molecule has 0 fully saturated rings. The van der Waals surface area contributed by atoms with E-state index < -0.39 is 11.7 Å². The Morgan fingerprint density at radius 2 is 1.94 bits per heavy atom. The Balaban J connectivity index is 1.55. The lowest BCUT2D eigenvalue weighted by Gasteiger charge is -2.13. The quantitative estimate of drug-likeness (QED) is 0.436. The van der Waals surface area contributed by atoms with Gasteiger partial charge in [-0.2, -0.15) is 0 Å². The van der Waals surface area contributed by atoms with Crippen LogP contribution in [-0.2, 0) is 0 Å². The highest BCUT2D eigenvalue weighted by Crippen LogP contribution is 2.29. The molecule has 0 saturated carbocycles. The third-order valence-corrected chi connectivity index (χ3v) is 4.88. The van der Waals surface area contributed by atoms with Gasteiger partial charge in [-0.15, -0.1) is 0 Å². The normalized spacial score (nSPS) is 10.7. The van der Waals surface area contributed by atoms with Crippen molar-refractivity contribution in [2.45, 2.75) is 6.92 Å². The molecule has 0 saturated heterocycles. The number of anilines is 1. The van der Waals surface area contributed by atoms with Crippen LogP contribution in [0.15, 0.2) is 65.1 Å². The number of hydrogen-bond donors (Lipinski definition) is 2. The van der Waals surface area contributed by atoms with E-state index in [2.05, 4.69) is 15.6 Å². The molecule has 8 heteroatoms. The molecule has 0 bridgehead atoms. The third-order valence-electron chi connectivity index (χ3n) is 4.67. The van der Waals surface area contributed by atoms with Gasteiger partial charge in [-0.25, -0.2) is 9.37 Å². The smallest absolute Gasteiger partial charge is 0.260 e. The first-order chi connectivity index (χ1) is 14.9. The summed E-state index contributed by atoms with van der Waals surface area (Å²) >= 11 is 5.24. The fraction of sp³-hybridized carbons (Fsp3) is 0.0870. The van der Waals surface area contributed by atoms with Gasteiger partial charge < -0.3 is 14.5 Å². The van der Waals surface area contributed by atoms with Crippen LogP contribution in [0.2, 0.25) is 0 Å². The van der Waals surface area contributed by atoms with Crippen molar-refractivity contribution in [3.05, 3.63) is 77.6 Å². The van der Waals surface area contributed by atoms with Crippen LogP contribution in [0.1, 0.15) is 15.9 Å². The number of rotatable bonds is 4. The van der Waals surface area contributed by atoms with Crippen LogP contribution in [0.4, 0.5) is 10.1 Å². The summed E-state index contributed by atoms with van der Waals surface area (Å²) in [6, 6.07) is 16.7. The van der Waals surface area contributed by atoms with Crippen LogP contribution in [-0.4, -0.2) is 23.1 Å². The van der Waals surface area contributed by atoms with Gasteiger partial charge in [0, 0.05) is 17.3 Å². The van der Waals surface area contributed by atoms with Crippen LogP contribution in [0.5, 0.6) is 5.75 Å². The molecule has 3 aromatic carbocycles. The molecule has 0 aliphatic rings. The topological polar surface area (TPSA) is 76.4 Å². The van der Waals surface area contributed by atoms with E-state index in [1.165, 1.54) is 18.2 Å². The van der Waals surface area contributed by atoms with Crippen molar-refractivity contribution in [2.24, 2.45) is 0 Å². The summed E-state index contributed by atoms with van der Waals surface area (Å²) in [7, 11) is 1.59. The van der Waals surface area contributed by atoms with Gasteiger partial charge in [0.15, 0.2) is 10.7 Å². The average molecular weight is 435 g/mol. The van der Waals surface area contributed by atoms with E-state index >= 15 is 0 Å². The second kappa shape index (κ2) is 8.53. The fourth-order valence-electron chi connectivity index (χ4n) is 3.02. The number of carbonyl (C=O) groups excluding carboxylic acids is 1. The van der Waals surface area contributed by atoms with Crippen LogP contribution in [0, 0.1) is 12.7 Å². The maximum absolute atomic E-state index is 13.8. The molecule has 4 rings (SSSR count). The van der Waals surface area contributed by atoms with Crippen molar-refractivity contribution in [2.75, 3.05) is 12.4 Å². The van der Waals surface area contributed by atoms with Crippen molar-refractivity contribution in [3.8, 4) is 17.2 Å².